The number of ether oxygens (including phenoxy) is 1. The fourth-order valence-corrected chi connectivity index (χ4v) is 2.41. The first-order valence-corrected chi connectivity index (χ1v) is 6.94. The van der Waals surface area contributed by atoms with E-state index in [0.29, 0.717) is 19.7 Å². The summed E-state index contributed by atoms with van der Waals surface area (Å²) < 4.78 is 7.36. The van der Waals surface area contributed by atoms with Crippen molar-refractivity contribution in [1.29, 1.82) is 0 Å². The summed E-state index contributed by atoms with van der Waals surface area (Å²) in [5, 5.41) is 10.2. The predicted molar refractivity (Wildman–Crippen MR) is 77.7 cm³/mol. The second kappa shape index (κ2) is 5.97. The minimum Gasteiger partial charge on any atom is -0.492 e. The van der Waals surface area contributed by atoms with Crippen LogP contribution in [0.4, 0.5) is 0 Å². The number of aryl methyl sites for hydroxylation is 1. The Morgan fingerprint density at radius 3 is 3.19 bits per heavy atom. The summed E-state index contributed by atoms with van der Waals surface area (Å²) in [6.45, 7) is 1.66. The maximum absolute atomic E-state index is 12.4. The van der Waals surface area contributed by atoms with E-state index in [2.05, 4.69) is 15.7 Å². The Labute approximate surface area is 123 Å². The first-order valence-electron chi connectivity index (χ1n) is 6.94. The number of carbonyl (C=O) groups excluding carboxylic acids is 1. The molecular weight excluding hydrogens is 268 g/mol. The largest absolute Gasteiger partial charge is 0.492 e. The molecule has 1 aromatic heterocycles. The molecule has 1 aromatic carbocycles. The minimum absolute atomic E-state index is 0.0585. The first-order chi connectivity index (χ1) is 10.2. The third kappa shape index (κ3) is 3.05. The van der Waals surface area contributed by atoms with E-state index in [4.69, 9.17) is 4.74 Å². The van der Waals surface area contributed by atoms with Gasteiger partial charge in [0.2, 0.25) is 5.91 Å². The SMILES string of the molecule is Cn1cc(CNC(=O)C2NCCOc3ccccc32)cn1. The van der Waals surface area contributed by atoms with Crippen molar-refractivity contribution >= 4 is 5.91 Å². The van der Waals surface area contributed by atoms with Crippen molar-refractivity contribution < 1.29 is 9.53 Å². The van der Waals surface area contributed by atoms with Crippen LogP contribution in [0.15, 0.2) is 36.7 Å². The normalized spacial score (nSPS) is 17.5. The number of para-hydroxylation sites is 1. The van der Waals surface area contributed by atoms with Crippen LogP contribution in [0.2, 0.25) is 0 Å². The number of hydrogen-bond donors (Lipinski definition) is 2. The highest BCUT2D eigenvalue weighted by Crippen LogP contribution is 2.26. The molecule has 0 saturated heterocycles. The molecule has 0 saturated carbocycles. The number of aromatic nitrogens is 2. The zero-order chi connectivity index (χ0) is 14.7. The van der Waals surface area contributed by atoms with Gasteiger partial charge in [0.05, 0.1) is 6.20 Å². The number of rotatable bonds is 3. The summed E-state index contributed by atoms with van der Waals surface area (Å²) in [6, 6.07) is 7.25. The monoisotopic (exact) mass is 286 g/mol. The van der Waals surface area contributed by atoms with Gasteiger partial charge < -0.3 is 10.1 Å². The summed E-state index contributed by atoms with van der Waals surface area (Å²) in [4.78, 5) is 12.4. The maximum Gasteiger partial charge on any atom is 0.242 e. The van der Waals surface area contributed by atoms with Crippen molar-refractivity contribution in [2.24, 2.45) is 7.05 Å². The predicted octanol–water partition coefficient (Wildman–Crippen LogP) is 0.760. The molecule has 21 heavy (non-hydrogen) atoms. The van der Waals surface area contributed by atoms with Gasteiger partial charge in [0.1, 0.15) is 18.4 Å². The number of amides is 1. The van der Waals surface area contributed by atoms with Crippen LogP contribution in [0, 0.1) is 0 Å². The van der Waals surface area contributed by atoms with Crippen LogP contribution in [0.5, 0.6) is 5.75 Å². The van der Waals surface area contributed by atoms with E-state index in [1.54, 1.807) is 10.9 Å². The van der Waals surface area contributed by atoms with E-state index >= 15 is 0 Å². The number of nitrogens with one attached hydrogen (secondary N) is 2. The summed E-state index contributed by atoms with van der Waals surface area (Å²) in [6.07, 6.45) is 3.63. The molecule has 1 unspecified atom stereocenters. The fraction of sp³-hybridized carbons (Fsp3) is 0.333. The number of carbonyl (C=O) groups is 1. The van der Waals surface area contributed by atoms with Gasteiger partial charge in [0, 0.05) is 37.5 Å². The molecule has 0 fully saturated rings. The van der Waals surface area contributed by atoms with Crippen molar-refractivity contribution in [2.45, 2.75) is 12.6 Å². The Morgan fingerprint density at radius 1 is 1.52 bits per heavy atom. The van der Waals surface area contributed by atoms with Crippen LogP contribution in [0.1, 0.15) is 17.2 Å². The van der Waals surface area contributed by atoms with E-state index < -0.39 is 0 Å². The van der Waals surface area contributed by atoms with Crippen LogP contribution in [-0.4, -0.2) is 28.8 Å². The van der Waals surface area contributed by atoms with Crippen LogP contribution < -0.4 is 15.4 Å². The molecular formula is C15H18N4O2. The highest BCUT2D eigenvalue weighted by atomic mass is 16.5. The third-order valence-electron chi connectivity index (χ3n) is 3.43. The van der Waals surface area contributed by atoms with Crippen molar-refractivity contribution in [2.75, 3.05) is 13.2 Å². The van der Waals surface area contributed by atoms with E-state index in [1.807, 2.05) is 37.5 Å². The van der Waals surface area contributed by atoms with Gasteiger partial charge in [-0.15, -0.1) is 0 Å². The first kappa shape index (κ1) is 13.6. The molecule has 110 valence electrons. The Morgan fingerprint density at radius 2 is 2.38 bits per heavy atom. The molecule has 6 heteroatoms. The second-order valence-electron chi connectivity index (χ2n) is 5.01. The standard InChI is InChI=1S/C15H18N4O2/c1-19-10-11(9-18-19)8-17-15(20)14-12-4-2-3-5-13(12)21-7-6-16-14/h2-5,9-10,14,16H,6-8H2,1H3,(H,17,20). The van der Waals surface area contributed by atoms with Crippen molar-refractivity contribution in [1.82, 2.24) is 20.4 Å². The number of fused-ring (bicyclic) bond motifs is 1. The van der Waals surface area contributed by atoms with Gasteiger partial charge in [-0.05, 0) is 6.07 Å². The molecule has 1 aliphatic rings. The lowest BCUT2D eigenvalue weighted by molar-refractivity contribution is -0.123. The quantitative estimate of drug-likeness (QED) is 0.874. The molecule has 2 aromatic rings. The van der Waals surface area contributed by atoms with E-state index in [0.717, 1.165) is 16.9 Å². The summed E-state index contributed by atoms with van der Waals surface area (Å²) in [5.74, 6) is 0.709. The lowest BCUT2D eigenvalue weighted by atomic mass is 10.1. The Hall–Kier alpha value is -2.34. The molecule has 0 aliphatic carbocycles. The van der Waals surface area contributed by atoms with Crippen molar-refractivity contribution in [3.05, 3.63) is 47.8 Å². The molecule has 3 rings (SSSR count). The lowest BCUT2D eigenvalue weighted by Crippen LogP contribution is -2.37. The zero-order valence-corrected chi connectivity index (χ0v) is 11.9. The van der Waals surface area contributed by atoms with Crippen LogP contribution in [-0.2, 0) is 18.4 Å². The molecule has 6 nitrogen and oxygen atoms in total. The summed E-state index contributed by atoms with van der Waals surface area (Å²) in [7, 11) is 1.85. The van der Waals surface area contributed by atoms with Gasteiger partial charge in [-0.2, -0.15) is 5.10 Å². The Kier molecular flexibility index (Phi) is 3.87. The van der Waals surface area contributed by atoms with Gasteiger partial charge in [-0.1, -0.05) is 18.2 Å². The van der Waals surface area contributed by atoms with Crippen LogP contribution in [0.3, 0.4) is 0 Å². The minimum atomic E-state index is -0.389. The molecule has 0 bridgehead atoms. The number of nitrogens with zero attached hydrogens (tertiary/aromatic N) is 2. The molecule has 1 aliphatic heterocycles. The van der Waals surface area contributed by atoms with Gasteiger partial charge in [0.25, 0.3) is 0 Å². The van der Waals surface area contributed by atoms with Gasteiger partial charge in [0.15, 0.2) is 0 Å². The second-order valence-corrected chi connectivity index (χ2v) is 5.01. The molecule has 1 atom stereocenters. The van der Waals surface area contributed by atoms with Crippen LogP contribution in [0.25, 0.3) is 0 Å². The summed E-state index contributed by atoms with van der Waals surface area (Å²) in [5.41, 5.74) is 1.85. The fourth-order valence-electron chi connectivity index (χ4n) is 2.41. The maximum atomic E-state index is 12.4. The highest BCUT2D eigenvalue weighted by Gasteiger charge is 2.25. The van der Waals surface area contributed by atoms with E-state index in [1.165, 1.54) is 0 Å². The molecule has 2 N–H and O–H groups in total. The lowest BCUT2D eigenvalue weighted by Gasteiger charge is -2.17. The smallest absolute Gasteiger partial charge is 0.242 e. The Bertz CT molecular complexity index is 638. The van der Waals surface area contributed by atoms with Gasteiger partial charge in [-0.3, -0.25) is 14.8 Å². The van der Waals surface area contributed by atoms with E-state index in [-0.39, 0.29) is 11.9 Å². The number of hydrogen-bond acceptors (Lipinski definition) is 4. The average molecular weight is 286 g/mol. The molecule has 0 radical (unpaired) electrons. The third-order valence-corrected chi connectivity index (χ3v) is 3.43. The van der Waals surface area contributed by atoms with Gasteiger partial charge >= 0.3 is 0 Å². The van der Waals surface area contributed by atoms with Crippen molar-refractivity contribution in [3.8, 4) is 5.75 Å². The molecule has 2 heterocycles. The average Bonchev–Trinajstić information content (AvgIpc) is 2.79. The molecule has 0 spiro atoms. The highest BCUT2D eigenvalue weighted by molar-refractivity contribution is 5.84. The van der Waals surface area contributed by atoms with Gasteiger partial charge in [-0.25, -0.2) is 0 Å². The van der Waals surface area contributed by atoms with Crippen molar-refractivity contribution in [3.63, 3.8) is 0 Å². The topological polar surface area (TPSA) is 68.2 Å². The van der Waals surface area contributed by atoms with Crippen LogP contribution >= 0.6 is 0 Å². The Balaban J connectivity index is 1.72. The zero-order valence-electron chi connectivity index (χ0n) is 11.9. The number of benzene rings is 1. The van der Waals surface area contributed by atoms with E-state index in [9.17, 15) is 4.79 Å². The molecule has 1 amide bonds. The summed E-state index contributed by atoms with van der Waals surface area (Å²) >= 11 is 0.